The molecule has 2 aliphatic rings. The number of ether oxygens (including phenoxy) is 1. The molecule has 1 saturated carbocycles. The summed E-state index contributed by atoms with van der Waals surface area (Å²) in [6.07, 6.45) is 4.11. The van der Waals surface area contributed by atoms with Crippen molar-refractivity contribution in [3.63, 3.8) is 0 Å². The minimum Gasteiger partial charge on any atom is -0.495 e. The van der Waals surface area contributed by atoms with Gasteiger partial charge in [0.25, 0.3) is 0 Å². The van der Waals surface area contributed by atoms with Crippen molar-refractivity contribution >= 4 is 11.4 Å². The van der Waals surface area contributed by atoms with Gasteiger partial charge in [0, 0.05) is 32.2 Å². The molecule has 0 aromatic heterocycles. The molecule has 1 aromatic rings. The summed E-state index contributed by atoms with van der Waals surface area (Å²) in [6, 6.07) is 8.89. The highest BCUT2D eigenvalue weighted by atomic mass is 16.5. The topological polar surface area (TPSA) is 48.3 Å². The molecule has 2 fully saturated rings. The molecular weight excluding hydrogens is 278 g/mol. The van der Waals surface area contributed by atoms with Gasteiger partial charge in [-0.15, -0.1) is 0 Å². The van der Waals surface area contributed by atoms with E-state index in [9.17, 15) is 0 Å². The van der Waals surface area contributed by atoms with Gasteiger partial charge in [-0.25, -0.2) is 0 Å². The van der Waals surface area contributed by atoms with Gasteiger partial charge in [0.15, 0.2) is 0 Å². The van der Waals surface area contributed by atoms with Crippen LogP contribution in [0, 0.1) is 0 Å². The van der Waals surface area contributed by atoms with Crippen LogP contribution >= 0.6 is 0 Å². The van der Waals surface area contributed by atoms with Gasteiger partial charge in [-0.1, -0.05) is 17.3 Å². The van der Waals surface area contributed by atoms with E-state index in [0.717, 1.165) is 63.3 Å². The zero-order chi connectivity index (χ0) is 15.4. The molecule has 1 aliphatic heterocycles. The molecule has 5 heteroatoms. The molecule has 0 bridgehead atoms. The smallest absolute Gasteiger partial charge is 0.142 e. The number of para-hydroxylation sites is 2. The lowest BCUT2D eigenvalue weighted by atomic mass is 9.92. The Bertz CT molecular complexity index is 514. The van der Waals surface area contributed by atoms with Crippen LogP contribution in [0.2, 0.25) is 0 Å². The Hall–Kier alpha value is -1.75. The maximum atomic E-state index is 8.85. The number of oxime groups is 1. The predicted octanol–water partition coefficient (Wildman–Crippen LogP) is 2.59. The standard InChI is InChI=1S/C17H25N3O2/c1-22-17-5-3-2-4-16(17)20-12-10-19(11-13-20)15-8-6-14(18-21)7-9-15/h2-5,15,21H,6-13H2,1H3. The molecule has 1 saturated heterocycles. The summed E-state index contributed by atoms with van der Waals surface area (Å²) in [4.78, 5) is 5.01. The number of hydrogen-bond donors (Lipinski definition) is 1. The average Bonchev–Trinajstić information content (AvgIpc) is 2.62. The van der Waals surface area contributed by atoms with Crippen LogP contribution in [0.4, 0.5) is 5.69 Å². The number of nitrogens with zero attached hydrogens (tertiary/aromatic N) is 3. The molecule has 3 rings (SSSR count). The monoisotopic (exact) mass is 303 g/mol. The zero-order valence-corrected chi connectivity index (χ0v) is 13.2. The first-order valence-corrected chi connectivity index (χ1v) is 8.13. The van der Waals surface area contributed by atoms with E-state index in [1.807, 2.05) is 12.1 Å². The molecule has 1 heterocycles. The van der Waals surface area contributed by atoms with E-state index in [2.05, 4.69) is 27.1 Å². The van der Waals surface area contributed by atoms with Crippen molar-refractivity contribution in [3.05, 3.63) is 24.3 Å². The summed E-state index contributed by atoms with van der Waals surface area (Å²) in [5.74, 6) is 0.956. The third-order valence-corrected chi connectivity index (χ3v) is 4.93. The SMILES string of the molecule is COc1ccccc1N1CCN(C2CCC(=NO)CC2)CC1. The van der Waals surface area contributed by atoms with Crippen molar-refractivity contribution < 1.29 is 9.94 Å². The molecule has 0 unspecified atom stereocenters. The van der Waals surface area contributed by atoms with Crippen molar-refractivity contribution in [3.8, 4) is 5.75 Å². The molecule has 0 radical (unpaired) electrons. The van der Waals surface area contributed by atoms with Gasteiger partial charge in [0.05, 0.1) is 18.5 Å². The molecule has 120 valence electrons. The Morgan fingerprint density at radius 3 is 2.41 bits per heavy atom. The first-order chi connectivity index (χ1) is 10.8. The Balaban J connectivity index is 1.56. The minimum absolute atomic E-state index is 0.644. The van der Waals surface area contributed by atoms with E-state index in [4.69, 9.17) is 9.94 Å². The van der Waals surface area contributed by atoms with Gasteiger partial charge in [0.1, 0.15) is 5.75 Å². The normalized spacial score (nSPS) is 23.4. The van der Waals surface area contributed by atoms with Gasteiger partial charge in [-0.2, -0.15) is 0 Å². The van der Waals surface area contributed by atoms with Gasteiger partial charge in [0.2, 0.25) is 0 Å². The van der Waals surface area contributed by atoms with Crippen LogP contribution in [0.3, 0.4) is 0 Å². The number of hydrogen-bond acceptors (Lipinski definition) is 5. The fraction of sp³-hybridized carbons (Fsp3) is 0.588. The molecule has 0 amide bonds. The van der Waals surface area contributed by atoms with E-state index >= 15 is 0 Å². The van der Waals surface area contributed by atoms with Gasteiger partial charge in [-0.3, -0.25) is 4.90 Å². The van der Waals surface area contributed by atoms with E-state index in [1.165, 1.54) is 5.69 Å². The molecule has 0 spiro atoms. The summed E-state index contributed by atoms with van der Waals surface area (Å²) in [5.41, 5.74) is 2.16. The molecule has 5 nitrogen and oxygen atoms in total. The maximum Gasteiger partial charge on any atom is 0.142 e. The zero-order valence-electron chi connectivity index (χ0n) is 13.2. The number of benzene rings is 1. The lowest BCUT2D eigenvalue weighted by Gasteiger charge is -2.41. The summed E-state index contributed by atoms with van der Waals surface area (Å²) in [7, 11) is 1.73. The van der Waals surface area contributed by atoms with Crippen LogP contribution in [0.25, 0.3) is 0 Å². The quantitative estimate of drug-likeness (QED) is 0.689. The van der Waals surface area contributed by atoms with Crippen LogP contribution in [0.15, 0.2) is 29.4 Å². The number of piperazine rings is 1. The van der Waals surface area contributed by atoms with Gasteiger partial charge in [-0.05, 0) is 37.8 Å². The number of rotatable bonds is 3. The fourth-order valence-corrected chi connectivity index (χ4v) is 3.62. The Labute approximate surface area is 132 Å². The predicted molar refractivity (Wildman–Crippen MR) is 88.3 cm³/mol. The van der Waals surface area contributed by atoms with Crippen molar-refractivity contribution in [2.24, 2.45) is 5.16 Å². The first-order valence-electron chi connectivity index (χ1n) is 8.13. The van der Waals surface area contributed by atoms with Crippen LogP contribution in [-0.4, -0.2) is 55.1 Å². The third-order valence-electron chi connectivity index (χ3n) is 4.93. The third kappa shape index (κ3) is 3.19. The Morgan fingerprint density at radius 2 is 1.77 bits per heavy atom. The Morgan fingerprint density at radius 1 is 1.09 bits per heavy atom. The van der Waals surface area contributed by atoms with Crippen LogP contribution in [-0.2, 0) is 0 Å². The second-order valence-corrected chi connectivity index (χ2v) is 6.09. The molecule has 1 aromatic carbocycles. The van der Waals surface area contributed by atoms with Crippen molar-refractivity contribution in [1.29, 1.82) is 0 Å². The fourth-order valence-electron chi connectivity index (χ4n) is 3.62. The van der Waals surface area contributed by atoms with E-state index in [1.54, 1.807) is 7.11 Å². The second-order valence-electron chi connectivity index (χ2n) is 6.09. The van der Waals surface area contributed by atoms with Crippen LogP contribution in [0.5, 0.6) is 5.75 Å². The average molecular weight is 303 g/mol. The first kappa shape index (κ1) is 15.2. The van der Waals surface area contributed by atoms with Crippen LogP contribution < -0.4 is 9.64 Å². The highest BCUT2D eigenvalue weighted by Gasteiger charge is 2.27. The number of anilines is 1. The lowest BCUT2D eigenvalue weighted by molar-refractivity contribution is 0.163. The molecule has 22 heavy (non-hydrogen) atoms. The Kier molecular flexibility index (Phi) is 4.83. The highest BCUT2D eigenvalue weighted by Crippen LogP contribution is 2.29. The molecule has 1 aliphatic carbocycles. The van der Waals surface area contributed by atoms with E-state index < -0.39 is 0 Å². The highest BCUT2D eigenvalue weighted by molar-refractivity contribution is 5.84. The number of methoxy groups -OCH3 is 1. The summed E-state index contributed by atoms with van der Waals surface area (Å²) in [6.45, 7) is 4.26. The largest absolute Gasteiger partial charge is 0.495 e. The lowest BCUT2D eigenvalue weighted by Crippen LogP contribution is -2.51. The molecule has 0 atom stereocenters. The van der Waals surface area contributed by atoms with Gasteiger partial charge < -0.3 is 14.8 Å². The van der Waals surface area contributed by atoms with Crippen molar-refractivity contribution in [2.75, 3.05) is 38.2 Å². The maximum absolute atomic E-state index is 8.85. The summed E-state index contributed by atoms with van der Waals surface area (Å²) < 4.78 is 5.47. The molecular formula is C17H25N3O2. The summed E-state index contributed by atoms with van der Waals surface area (Å²) in [5, 5.41) is 12.2. The van der Waals surface area contributed by atoms with Gasteiger partial charge >= 0.3 is 0 Å². The van der Waals surface area contributed by atoms with Crippen molar-refractivity contribution in [2.45, 2.75) is 31.7 Å². The van der Waals surface area contributed by atoms with E-state index in [0.29, 0.717) is 6.04 Å². The van der Waals surface area contributed by atoms with E-state index in [-0.39, 0.29) is 0 Å². The summed E-state index contributed by atoms with van der Waals surface area (Å²) >= 11 is 0. The molecule has 1 N–H and O–H groups in total. The van der Waals surface area contributed by atoms with Crippen LogP contribution in [0.1, 0.15) is 25.7 Å². The second kappa shape index (κ2) is 7.01. The minimum atomic E-state index is 0.644. The van der Waals surface area contributed by atoms with Crippen molar-refractivity contribution in [1.82, 2.24) is 4.90 Å².